The summed E-state index contributed by atoms with van der Waals surface area (Å²) >= 11 is 0. The van der Waals surface area contributed by atoms with Crippen LogP contribution in [0.15, 0.2) is 206 Å². The molecule has 0 aromatic heterocycles. The Labute approximate surface area is 494 Å². The Balaban J connectivity index is 0.000000166. The minimum absolute atomic E-state index is 0.0810. The number of rotatable bonds is 14. The molecule has 432 valence electrons. The lowest BCUT2D eigenvalue weighted by Crippen LogP contribution is -2.37. The Morgan fingerprint density at radius 1 is 0.500 bits per heavy atom. The number of hydrogen-bond donors (Lipinski definition) is 3. The molecule has 0 saturated heterocycles. The second kappa shape index (κ2) is 33.2. The molecular formula is C70H73FN6O7. The van der Waals surface area contributed by atoms with Crippen LogP contribution in [0.3, 0.4) is 0 Å². The quantitative estimate of drug-likeness (QED) is 0.0909. The Kier molecular flexibility index (Phi) is 24.7. The highest BCUT2D eigenvalue weighted by Crippen LogP contribution is 2.43. The van der Waals surface area contributed by atoms with Gasteiger partial charge in [-0.1, -0.05) is 170 Å². The number of para-hydroxylation sites is 8. The Bertz CT molecular complexity index is 3410. The molecule has 0 bridgehead atoms. The van der Waals surface area contributed by atoms with E-state index in [1.807, 2.05) is 122 Å². The molecule has 6 atom stereocenters. The molecule has 14 heteroatoms. The maximum atomic E-state index is 12.4. The van der Waals surface area contributed by atoms with Gasteiger partial charge in [0.05, 0.1) is 45.6 Å². The van der Waals surface area contributed by atoms with Crippen LogP contribution < -0.4 is 29.0 Å². The van der Waals surface area contributed by atoms with Crippen LogP contribution in [0.25, 0.3) is 14.5 Å². The van der Waals surface area contributed by atoms with Crippen LogP contribution in [0.2, 0.25) is 0 Å². The molecule has 0 aliphatic carbocycles. The Hall–Kier alpha value is -9.04. The molecule has 3 N–H and O–H groups in total. The molecule has 0 radical (unpaired) electrons. The standard InChI is InChI=1S/C25H24N2O2.C18H18N2O2.C18H21NO2.C7H4FN.C2H6O/c1-26-22-13-7-9-15-24(22)29-25-20(18-28-23-14-8-6-12-21(23)25)17-27(2)16-19-10-4-3-5-11-19;1-19-11-13-12-21-16-9-5-3-7-14(16)18(13)22-17-10-6-4-8-15(17)20-2;1-19(11-14-7-3-2-4-8-14)12-15-13-21-17-10-6-5-9-16(17)18(15)20;1-9-7-5-3-2-4-6(7)8;1-2-3/h3-15,20,25H,16-18H2,2H3;3-10,13,18-19H,11-12H2,1H3;2-10,15,18,20H,11-13H2,1H3;2-5H;3H,2H2,1H3/t20-,25-;13-,18-;15-,18-;;/m000../s1. The number of aliphatic hydroxyl groups excluding tert-OH is 2. The van der Waals surface area contributed by atoms with Crippen LogP contribution in [-0.4, -0.2) is 87.2 Å². The van der Waals surface area contributed by atoms with E-state index in [4.69, 9.17) is 48.5 Å². The first-order valence-corrected chi connectivity index (χ1v) is 28.0. The summed E-state index contributed by atoms with van der Waals surface area (Å²) in [5, 5.41) is 21.3. The van der Waals surface area contributed by atoms with E-state index in [-0.39, 0.29) is 42.3 Å². The van der Waals surface area contributed by atoms with Gasteiger partial charge in [0, 0.05) is 73.8 Å². The summed E-state index contributed by atoms with van der Waals surface area (Å²) in [5.74, 6) is 3.78. The molecule has 0 saturated carbocycles. The normalized spacial score (nSPS) is 17.6. The average Bonchev–Trinajstić information content (AvgIpc) is 3.71. The van der Waals surface area contributed by atoms with Crippen LogP contribution in [0.5, 0.6) is 28.7 Å². The van der Waals surface area contributed by atoms with Gasteiger partial charge in [-0.05, 0) is 75.6 Å². The molecule has 8 aromatic rings. The topological polar surface area (TPSA) is 118 Å². The van der Waals surface area contributed by atoms with Crippen molar-refractivity contribution in [2.45, 2.75) is 38.3 Å². The van der Waals surface area contributed by atoms with E-state index in [0.29, 0.717) is 42.7 Å². The fraction of sp³-hybridized carbons (Fsp3) is 0.271. The number of nitrogens with one attached hydrogen (secondary N) is 1. The third-order valence-electron chi connectivity index (χ3n) is 14.0. The first-order chi connectivity index (χ1) is 41.1. The van der Waals surface area contributed by atoms with E-state index >= 15 is 0 Å². The molecule has 3 aliphatic rings. The lowest BCUT2D eigenvalue weighted by Gasteiger charge is -2.36. The van der Waals surface area contributed by atoms with Crippen LogP contribution in [-0.2, 0) is 13.1 Å². The van der Waals surface area contributed by atoms with E-state index in [0.717, 1.165) is 66.7 Å². The van der Waals surface area contributed by atoms with E-state index in [1.165, 1.54) is 23.3 Å². The summed E-state index contributed by atoms with van der Waals surface area (Å²) in [6, 6.07) is 65.3. The van der Waals surface area contributed by atoms with Gasteiger partial charge < -0.3 is 49.0 Å². The Morgan fingerprint density at radius 3 is 1.31 bits per heavy atom. The maximum Gasteiger partial charge on any atom is 0.228 e. The van der Waals surface area contributed by atoms with Gasteiger partial charge in [0.15, 0.2) is 0 Å². The smallest absolute Gasteiger partial charge is 0.228 e. The molecule has 3 aliphatic heterocycles. The maximum absolute atomic E-state index is 12.4. The van der Waals surface area contributed by atoms with Crippen LogP contribution in [0, 0.1) is 43.3 Å². The van der Waals surface area contributed by atoms with Gasteiger partial charge in [-0.25, -0.2) is 18.9 Å². The van der Waals surface area contributed by atoms with Crippen molar-refractivity contribution in [3.05, 3.63) is 274 Å². The van der Waals surface area contributed by atoms with Crippen LogP contribution in [0.4, 0.5) is 21.5 Å². The van der Waals surface area contributed by atoms with Crippen molar-refractivity contribution in [3.63, 3.8) is 0 Å². The van der Waals surface area contributed by atoms with Crippen molar-refractivity contribution < 1.29 is 38.3 Å². The van der Waals surface area contributed by atoms with Crippen LogP contribution in [0.1, 0.15) is 53.1 Å². The molecule has 8 aromatic carbocycles. The molecule has 0 fully saturated rings. The molecule has 0 amide bonds. The first kappa shape index (κ1) is 62.6. The van der Waals surface area contributed by atoms with E-state index in [2.05, 4.69) is 98.3 Å². The average molecular weight is 1130 g/mol. The molecule has 0 spiro atoms. The SMILES string of the molecule is CCO.CN(Cc1ccccc1)C[C@H]1COc2ccccc2[C@H]1O.[C-]#[N+]c1ccccc1F.[C-]#[N+]c1ccccc1O[C@@H]1c2ccccc2OC[C@@H]1CN(C)Cc1ccccc1.[C-]#[N+]c1ccccc1O[C@@H]1c2ccccc2OC[C@@H]1CNC. The van der Waals surface area contributed by atoms with Crippen molar-refractivity contribution in [2.24, 2.45) is 17.8 Å². The first-order valence-electron chi connectivity index (χ1n) is 28.0. The molecule has 0 unspecified atom stereocenters. The number of hydrogen-bond acceptors (Lipinski definition) is 10. The van der Waals surface area contributed by atoms with Crippen molar-refractivity contribution in [1.82, 2.24) is 15.1 Å². The molecule has 84 heavy (non-hydrogen) atoms. The van der Waals surface area contributed by atoms with E-state index in [1.54, 1.807) is 31.2 Å². The highest BCUT2D eigenvalue weighted by Gasteiger charge is 2.35. The van der Waals surface area contributed by atoms with Gasteiger partial charge in [-0.2, -0.15) is 0 Å². The number of benzene rings is 8. The van der Waals surface area contributed by atoms with Crippen molar-refractivity contribution in [1.29, 1.82) is 0 Å². The summed E-state index contributed by atoms with van der Waals surface area (Å²) in [6.07, 6.45) is -0.741. The second-order valence-electron chi connectivity index (χ2n) is 20.3. The number of ether oxygens (including phenoxy) is 5. The predicted octanol–water partition coefficient (Wildman–Crippen LogP) is 14.3. The third kappa shape index (κ3) is 18.0. The lowest BCUT2D eigenvalue weighted by molar-refractivity contribution is 0.0320. The summed E-state index contributed by atoms with van der Waals surface area (Å²) in [6.45, 7) is 29.1. The highest BCUT2D eigenvalue weighted by atomic mass is 19.1. The molecule has 13 nitrogen and oxygen atoms in total. The number of aliphatic hydroxyl groups is 2. The molecular weight excluding hydrogens is 1060 g/mol. The van der Waals surface area contributed by atoms with Gasteiger partial charge >= 0.3 is 0 Å². The zero-order valence-corrected chi connectivity index (χ0v) is 48.0. The summed E-state index contributed by atoms with van der Waals surface area (Å²) in [7, 11) is 6.13. The van der Waals surface area contributed by atoms with Crippen molar-refractivity contribution in [2.75, 3.05) is 67.2 Å². The summed E-state index contributed by atoms with van der Waals surface area (Å²) < 4.78 is 42.7. The fourth-order valence-electron chi connectivity index (χ4n) is 10.1. The monoisotopic (exact) mass is 1130 g/mol. The number of nitrogens with zero attached hydrogens (tertiary/aromatic N) is 5. The lowest BCUT2D eigenvalue weighted by atomic mass is 9.92. The molecule has 3 heterocycles. The predicted molar refractivity (Wildman–Crippen MR) is 328 cm³/mol. The zero-order valence-electron chi connectivity index (χ0n) is 48.0. The third-order valence-corrected chi connectivity index (χ3v) is 14.0. The van der Waals surface area contributed by atoms with Gasteiger partial charge in [0.25, 0.3) is 0 Å². The Morgan fingerprint density at radius 2 is 0.857 bits per heavy atom. The van der Waals surface area contributed by atoms with Crippen LogP contribution >= 0.6 is 0 Å². The van der Waals surface area contributed by atoms with Crippen molar-refractivity contribution >= 4 is 17.1 Å². The van der Waals surface area contributed by atoms with E-state index in [9.17, 15) is 9.50 Å². The van der Waals surface area contributed by atoms with Gasteiger partial charge in [0.2, 0.25) is 17.1 Å². The minimum atomic E-state index is -0.451. The zero-order chi connectivity index (χ0) is 59.5. The van der Waals surface area contributed by atoms with Crippen molar-refractivity contribution in [3.8, 4) is 28.7 Å². The second-order valence-corrected chi connectivity index (χ2v) is 20.3. The summed E-state index contributed by atoms with van der Waals surface area (Å²) in [4.78, 5) is 14.6. The molecule has 11 rings (SSSR count). The summed E-state index contributed by atoms with van der Waals surface area (Å²) in [5.41, 5.74) is 6.70. The van der Waals surface area contributed by atoms with Gasteiger partial charge in [0.1, 0.15) is 46.8 Å². The largest absolute Gasteiger partial charge is 0.496 e. The highest BCUT2D eigenvalue weighted by molar-refractivity contribution is 5.58. The minimum Gasteiger partial charge on any atom is -0.496 e. The van der Waals surface area contributed by atoms with Gasteiger partial charge in [-0.3, -0.25) is 0 Å². The van der Waals surface area contributed by atoms with E-state index < -0.39 is 11.9 Å². The van der Waals surface area contributed by atoms with Gasteiger partial charge in [-0.15, -0.1) is 0 Å². The fourth-order valence-corrected chi connectivity index (χ4v) is 10.1. The number of halogens is 1. The number of fused-ring (bicyclic) bond motifs is 3.